The molecule has 0 radical (unpaired) electrons. The Balaban J connectivity index is 1.85. The van der Waals surface area contributed by atoms with Crippen molar-refractivity contribution >= 4 is 11.9 Å². The number of carbonyl (C=O) groups excluding carboxylic acids is 1. The number of nitrogens with one attached hydrogen (secondary N) is 2. The summed E-state index contributed by atoms with van der Waals surface area (Å²) in [5, 5.41) is 6.59. The van der Waals surface area contributed by atoms with Crippen molar-refractivity contribution in [3.05, 3.63) is 58.5 Å². The molecule has 140 valence electrons. The first-order valence-electron chi connectivity index (χ1n) is 8.71. The molecule has 1 amide bonds. The molecule has 0 aliphatic heterocycles. The third-order valence-corrected chi connectivity index (χ3v) is 4.10. The standard InChI is InChI=1S/C20H28N4O2/c1-14-11-18(15(2)26-14)13-23-20(21-3)22-10-9-16-7-6-8-17(12-16)19(25)24(4)5/h6-8,11-12H,9-10,13H2,1-5H3,(H2,21,22,23). The number of rotatable bonds is 6. The number of hydrogen-bond donors (Lipinski definition) is 2. The molecule has 1 heterocycles. The molecule has 26 heavy (non-hydrogen) atoms. The lowest BCUT2D eigenvalue weighted by Gasteiger charge is -2.13. The Morgan fingerprint density at radius 1 is 1.19 bits per heavy atom. The normalized spacial score (nSPS) is 11.3. The minimum atomic E-state index is 0.0167. The van der Waals surface area contributed by atoms with Crippen molar-refractivity contribution in [1.82, 2.24) is 15.5 Å². The van der Waals surface area contributed by atoms with Crippen molar-refractivity contribution in [3.8, 4) is 0 Å². The highest BCUT2D eigenvalue weighted by molar-refractivity contribution is 5.94. The monoisotopic (exact) mass is 356 g/mol. The minimum Gasteiger partial charge on any atom is -0.466 e. The van der Waals surface area contributed by atoms with Crippen LogP contribution in [0.3, 0.4) is 0 Å². The summed E-state index contributed by atoms with van der Waals surface area (Å²) < 4.78 is 5.54. The van der Waals surface area contributed by atoms with Crippen molar-refractivity contribution in [2.45, 2.75) is 26.8 Å². The van der Waals surface area contributed by atoms with Gasteiger partial charge in [-0.05, 0) is 44.0 Å². The van der Waals surface area contributed by atoms with E-state index in [-0.39, 0.29) is 5.91 Å². The van der Waals surface area contributed by atoms with Crippen LogP contribution in [0.15, 0.2) is 39.7 Å². The van der Waals surface area contributed by atoms with E-state index in [4.69, 9.17) is 4.42 Å². The van der Waals surface area contributed by atoms with Crippen LogP contribution in [-0.2, 0) is 13.0 Å². The summed E-state index contributed by atoms with van der Waals surface area (Å²) in [5.74, 6) is 2.59. The predicted molar refractivity (Wildman–Crippen MR) is 105 cm³/mol. The summed E-state index contributed by atoms with van der Waals surface area (Å²) in [6, 6.07) is 9.76. The van der Waals surface area contributed by atoms with Gasteiger partial charge in [-0.3, -0.25) is 9.79 Å². The third-order valence-electron chi connectivity index (χ3n) is 4.10. The summed E-state index contributed by atoms with van der Waals surface area (Å²) >= 11 is 0. The molecular weight excluding hydrogens is 328 g/mol. The second kappa shape index (κ2) is 9.08. The maximum atomic E-state index is 12.0. The Morgan fingerprint density at radius 3 is 2.58 bits per heavy atom. The van der Waals surface area contributed by atoms with Crippen molar-refractivity contribution < 1.29 is 9.21 Å². The quantitative estimate of drug-likeness (QED) is 0.616. The lowest BCUT2D eigenvalue weighted by Crippen LogP contribution is -2.37. The zero-order valence-corrected chi connectivity index (χ0v) is 16.2. The van der Waals surface area contributed by atoms with Crippen molar-refractivity contribution in [2.75, 3.05) is 27.7 Å². The van der Waals surface area contributed by atoms with Crippen molar-refractivity contribution in [3.63, 3.8) is 0 Å². The lowest BCUT2D eigenvalue weighted by molar-refractivity contribution is 0.0827. The Hall–Kier alpha value is -2.76. The average Bonchev–Trinajstić information content (AvgIpc) is 2.94. The first-order valence-corrected chi connectivity index (χ1v) is 8.71. The summed E-state index contributed by atoms with van der Waals surface area (Å²) in [4.78, 5) is 17.9. The summed E-state index contributed by atoms with van der Waals surface area (Å²) in [6.07, 6.45) is 0.805. The van der Waals surface area contributed by atoms with E-state index in [1.165, 1.54) is 0 Å². The topological polar surface area (TPSA) is 69.9 Å². The second-order valence-electron chi connectivity index (χ2n) is 6.44. The number of guanidine groups is 1. The van der Waals surface area contributed by atoms with Crippen LogP contribution in [0.5, 0.6) is 0 Å². The largest absolute Gasteiger partial charge is 0.466 e. The van der Waals surface area contributed by atoms with Gasteiger partial charge in [-0.25, -0.2) is 0 Å². The molecule has 0 aliphatic rings. The molecular formula is C20H28N4O2. The molecule has 0 unspecified atom stereocenters. The van der Waals surface area contributed by atoms with Gasteiger partial charge in [0.05, 0.1) is 0 Å². The van der Waals surface area contributed by atoms with Gasteiger partial charge in [0.1, 0.15) is 11.5 Å². The Bertz CT molecular complexity index is 778. The van der Waals surface area contributed by atoms with Crippen molar-refractivity contribution in [1.29, 1.82) is 0 Å². The summed E-state index contributed by atoms with van der Waals surface area (Å²) in [6.45, 7) is 5.29. The molecule has 2 aromatic rings. The number of hydrogen-bond acceptors (Lipinski definition) is 3. The number of furan rings is 1. The van der Waals surface area contributed by atoms with Gasteiger partial charge < -0.3 is 20.0 Å². The van der Waals surface area contributed by atoms with E-state index in [0.717, 1.165) is 41.6 Å². The van der Waals surface area contributed by atoms with E-state index in [9.17, 15) is 4.79 Å². The van der Waals surface area contributed by atoms with Crippen LogP contribution >= 0.6 is 0 Å². The number of aryl methyl sites for hydroxylation is 2. The molecule has 0 aliphatic carbocycles. The van der Waals surface area contributed by atoms with Gasteiger partial charge in [-0.15, -0.1) is 0 Å². The van der Waals surface area contributed by atoms with Gasteiger partial charge in [0, 0.05) is 45.4 Å². The highest BCUT2D eigenvalue weighted by Gasteiger charge is 2.08. The van der Waals surface area contributed by atoms with Crippen LogP contribution in [0, 0.1) is 13.8 Å². The zero-order valence-electron chi connectivity index (χ0n) is 16.2. The summed E-state index contributed by atoms with van der Waals surface area (Å²) in [5.41, 5.74) is 2.95. The first kappa shape index (κ1) is 19.6. The Labute approximate surface area is 155 Å². The SMILES string of the molecule is CN=C(NCCc1cccc(C(=O)N(C)C)c1)NCc1cc(C)oc1C. The van der Waals surface area contributed by atoms with Crippen LogP contribution in [-0.4, -0.2) is 44.5 Å². The van der Waals surface area contributed by atoms with Gasteiger partial charge in [0.15, 0.2) is 5.96 Å². The van der Waals surface area contributed by atoms with Gasteiger partial charge in [0.2, 0.25) is 0 Å². The molecule has 0 atom stereocenters. The molecule has 0 saturated heterocycles. The molecule has 2 rings (SSSR count). The average molecular weight is 356 g/mol. The Morgan fingerprint density at radius 2 is 1.96 bits per heavy atom. The zero-order chi connectivity index (χ0) is 19.1. The fourth-order valence-electron chi connectivity index (χ4n) is 2.70. The molecule has 6 heteroatoms. The van der Waals surface area contributed by atoms with Gasteiger partial charge in [-0.1, -0.05) is 12.1 Å². The molecule has 0 bridgehead atoms. The van der Waals surface area contributed by atoms with E-state index in [1.807, 2.05) is 44.2 Å². The van der Waals surface area contributed by atoms with E-state index in [2.05, 4.69) is 15.6 Å². The van der Waals surface area contributed by atoms with E-state index >= 15 is 0 Å². The molecule has 2 N–H and O–H groups in total. The number of aliphatic imine (C=N–C) groups is 1. The molecule has 0 fully saturated rings. The van der Waals surface area contributed by atoms with Gasteiger partial charge in [-0.2, -0.15) is 0 Å². The van der Waals surface area contributed by atoms with Crippen molar-refractivity contribution in [2.24, 2.45) is 4.99 Å². The van der Waals surface area contributed by atoms with E-state index < -0.39 is 0 Å². The van der Waals surface area contributed by atoms with Crippen LogP contribution in [0.1, 0.15) is 33.0 Å². The van der Waals surface area contributed by atoms with Crippen LogP contribution in [0.4, 0.5) is 0 Å². The minimum absolute atomic E-state index is 0.0167. The number of amides is 1. The first-order chi connectivity index (χ1) is 12.4. The highest BCUT2D eigenvalue weighted by Crippen LogP contribution is 2.13. The van der Waals surface area contributed by atoms with Crippen LogP contribution in [0.2, 0.25) is 0 Å². The second-order valence-corrected chi connectivity index (χ2v) is 6.44. The smallest absolute Gasteiger partial charge is 0.253 e. The molecule has 6 nitrogen and oxygen atoms in total. The maximum absolute atomic E-state index is 12.0. The lowest BCUT2D eigenvalue weighted by atomic mass is 10.1. The third kappa shape index (κ3) is 5.37. The number of nitrogens with zero attached hydrogens (tertiary/aromatic N) is 2. The molecule has 0 saturated carbocycles. The van der Waals surface area contributed by atoms with E-state index in [1.54, 1.807) is 26.0 Å². The number of benzene rings is 1. The fourth-order valence-corrected chi connectivity index (χ4v) is 2.70. The van der Waals surface area contributed by atoms with E-state index in [0.29, 0.717) is 12.1 Å². The molecule has 1 aromatic carbocycles. The van der Waals surface area contributed by atoms with Gasteiger partial charge in [0.25, 0.3) is 5.91 Å². The van der Waals surface area contributed by atoms with Crippen LogP contribution in [0.25, 0.3) is 0 Å². The fraction of sp³-hybridized carbons (Fsp3) is 0.400. The predicted octanol–water partition coefficient (Wildman–Crippen LogP) is 2.51. The summed E-state index contributed by atoms with van der Waals surface area (Å²) in [7, 11) is 5.27. The highest BCUT2D eigenvalue weighted by atomic mass is 16.3. The van der Waals surface area contributed by atoms with Gasteiger partial charge >= 0.3 is 0 Å². The number of carbonyl (C=O) groups is 1. The maximum Gasteiger partial charge on any atom is 0.253 e. The molecule has 0 spiro atoms. The molecule has 1 aromatic heterocycles. The van der Waals surface area contributed by atoms with Crippen LogP contribution < -0.4 is 10.6 Å². The Kier molecular flexibility index (Phi) is 6.83.